The minimum Gasteiger partial charge on any atom is -0.461 e. The molecule has 39 heavy (non-hydrogen) atoms. The number of fused-ring (bicyclic) bond motifs is 5. The highest BCUT2D eigenvalue weighted by Crippen LogP contribution is 2.67. The quantitative estimate of drug-likeness (QED) is 0.161. The summed E-state index contributed by atoms with van der Waals surface area (Å²) in [5.74, 6) is 5.06. The Morgan fingerprint density at radius 3 is 2.51 bits per heavy atom. The van der Waals surface area contributed by atoms with Gasteiger partial charge in [-0.05, 0) is 103 Å². The van der Waals surface area contributed by atoms with Crippen LogP contribution < -0.4 is 0 Å². The first kappa shape index (κ1) is 29.4. The van der Waals surface area contributed by atoms with Crippen molar-refractivity contribution < 1.29 is 9.53 Å². The standard InChI is InChI=1S/C36H53BrO2/c1-24(2)10-9-11-25(3)30-16-17-31-29-15-14-27-23-28(18-20-35(27,4)32(29)19-21-36(30,31)5)39-34(38)33(37)22-26-12-7-6-8-13-26/h6-8,12-14,24-25,28-33H,9-11,15-23H2,1-5H3/t25-,28+,29-,30+,31-,32+,33-,35+,36-/m1/s1. The third kappa shape index (κ3) is 5.96. The first-order chi connectivity index (χ1) is 18.6. The summed E-state index contributed by atoms with van der Waals surface area (Å²) in [6.45, 7) is 12.6. The largest absolute Gasteiger partial charge is 0.461 e. The van der Waals surface area contributed by atoms with E-state index in [0.29, 0.717) is 17.3 Å². The molecule has 0 aromatic heterocycles. The zero-order valence-electron chi connectivity index (χ0n) is 25.3. The van der Waals surface area contributed by atoms with Crippen LogP contribution in [0, 0.1) is 46.3 Å². The number of halogens is 1. The van der Waals surface area contributed by atoms with E-state index < -0.39 is 0 Å². The number of hydrogen-bond donors (Lipinski definition) is 0. The fourth-order valence-corrected chi connectivity index (χ4v) is 10.4. The molecule has 216 valence electrons. The number of hydrogen-bond acceptors (Lipinski definition) is 2. The molecule has 0 amide bonds. The number of carbonyl (C=O) groups is 1. The van der Waals surface area contributed by atoms with E-state index in [1.165, 1.54) is 57.8 Å². The van der Waals surface area contributed by atoms with Crippen LogP contribution in [0.3, 0.4) is 0 Å². The highest BCUT2D eigenvalue weighted by molar-refractivity contribution is 9.10. The molecule has 0 aliphatic heterocycles. The Morgan fingerprint density at radius 2 is 1.77 bits per heavy atom. The average molecular weight is 598 g/mol. The van der Waals surface area contributed by atoms with E-state index in [-0.39, 0.29) is 16.9 Å². The topological polar surface area (TPSA) is 26.3 Å². The Kier molecular flexibility index (Phi) is 9.07. The SMILES string of the molecule is CC(C)CCC[C@@H](C)[C@@H]1CC[C@@H]2[C@H]3CC=C4C[C@@H](OC(=O)[C@H](Br)Cc5ccccc5)CC[C@]4(C)[C@H]3CC[C@@]21C. The summed E-state index contributed by atoms with van der Waals surface area (Å²) in [7, 11) is 0. The normalized spacial score (nSPS) is 37.3. The zero-order chi connectivity index (χ0) is 27.8. The number of allylic oxidation sites excluding steroid dienone is 1. The van der Waals surface area contributed by atoms with Crippen LogP contribution in [-0.2, 0) is 16.0 Å². The smallest absolute Gasteiger partial charge is 0.320 e. The number of benzene rings is 1. The van der Waals surface area contributed by atoms with E-state index >= 15 is 0 Å². The fourth-order valence-electron chi connectivity index (χ4n) is 9.90. The molecule has 4 aliphatic rings. The predicted octanol–water partition coefficient (Wildman–Crippen LogP) is 9.95. The molecule has 4 aliphatic carbocycles. The summed E-state index contributed by atoms with van der Waals surface area (Å²) in [6.07, 6.45) is 17.6. The van der Waals surface area contributed by atoms with Gasteiger partial charge in [0.05, 0.1) is 0 Å². The molecular formula is C36H53BrO2. The van der Waals surface area contributed by atoms with Crippen LogP contribution in [0.4, 0.5) is 0 Å². The van der Waals surface area contributed by atoms with E-state index in [1.807, 2.05) is 18.2 Å². The lowest BCUT2D eigenvalue weighted by atomic mass is 9.47. The van der Waals surface area contributed by atoms with Crippen molar-refractivity contribution in [2.45, 2.75) is 123 Å². The van der Waals surface area contributed by atoms with Crippen LogP contribution in [0.5, 0.6) is 0 Å². The Balaban J connectivity index is 1.21. The highest BCUT2D eigenvalue weighted by atomic mass is 79.9. The first-order valence-electron chi connectivity index (χ1n) is 16.2. The maximum absolute atomic E-state index is 12.9. The summed E-state index contributed by atoms with van der Waals surface area (Å²) in [6, 6.07) is 10.2. The van der Waals surface area contributed by atoms with Gasteiger partial charge in [-0.15, -0.1) is 0 Å². The van der Waals surface area contributed by atoms with Crippen molar-refractivity contribution in [2.75, 3.05) is 0 Å². The molecule has 3 heteroatoms. The molecule has 5 rings (SSSR count). The second-order valence-electron chi connectivity index (χ2n) is 14.7. The first-order valence-corrected chi connectivity index (χ1v) is 17.1. The molecular weight excluding hydrogens is 544 g/mol. The van der Waals surface area contributed by atoms with Gasteiger partial charge in [0, 0.05) is 6.42 Å². The molecule has 3 saturated carbocycles. The van der Waals surface area contributed by atoms with Crippen LogP contribution in [-0.4, -0.2) is 16.9 Å². The van der Waals surface area contributed by atoms with Gasteiger partial charge < -0.3 is 4.74 Å². The molecule has 0 bridgehead atoms. The lowest BCUT2D eigenvalue weighted by molar-refractivity contribution is -0.150. The number of alkyl halides is 1. The molecule has 0 unspecified atom stereocenters. The summed E-state index contributed by atoms with van der Waals surface area (Å²) in [5.41, 5.74) is 3.60. The lowest BCUT2D eigenvalue weighted by Gasteiger charge is -2.58. The van der Waals surface area contributed by atoms with Crippen LogP contribution in [0.15, 0.2) is 42.0 Å². The number of ether oxygens (including phenoxy) is 1. The number of esters is 1. The van der Waals surface area contributed by atoms with Gasteiger partial charge in [-0.25, -0.2) is 0 Å². The summed E-state index contributed by atoms with van der Waals surface area (Å²) in [4.78, 5) is 12.7. The predicted molar refractivity (Wildman–Crippen MR) is 166 cm³/mol. The molecule has 1 aromatic carbocycles. The summed E-state index contributed by atoms with van der Waals surface area (Å²) in [5, 5.41) is 0. The molecule has 0 saturated heterocycles. The molecule has 0 radical (unpaired) electrons. The Bertz CT molecular complexity index is 1020. The van der Waals surface area contributed by atoms with Crippen molar-refractivity contribution in [2.24, 2.45) is 46.3 Å². The number of carbonyl (C=O) groups excluding carboxylic acids is 1. The third-order valence-corrected chi connectivity index (χ3v) is 12.8. The van der Waals surface area contributed by atoms with E-state index in [4.69, 9.17) is 4.74 Å². The molecule has 2 nitrogen and oxygen atoms in total. The van der Waals surface area contributed by atoms with Gasteiger partial charge >= 0.3 is 5.97 Å². The fraction of sp³-hybridized carbons (Fsp3) is 0.750. The van der Waals surface area contributed by atoms with Crippen LogP contribution in [0.25, 0.3) is 0 Å². The maximum atomic E-state index is 12.9. The second kappa shape index (κ2) is 12.0. The molecule has 0 spiro atoms. The van der Waals surface area contributed by atoms with Crippen molar-refractivity contribution in [3.05, 3.63) is 47.5 Å². The third-order valence-electron chi connectivity index (χ3n) is 12.1. The highest BCUT2D eigenvalue weighted by Gasteiger charge is 2.59. The monoisotopic (exact) mass is 596 g/mol. The van der Waals surface area contributed by atoms with Gasteiger partial charge in [0.25, 0.3) is 0 Å². The van der Waals surface area contributed by atoms with Gasteiger partial charge in [0.2, 0.25) is 0 Å². The minimum absolute atomic E-state index is 0.0283. The molecule has 0 N–H and O–H groups in total. The maximum Gasteiger partial charge on any atom is 0.320 e. The van der Waals surface area contributed by atoms with Crippen molar-refractivity contribution in [1.82, 2.24) is 0 Å². The molecule has 9 atom stereocenters. The van der Waals surface area contributed by atoms with E-state index in [2.05, 4.69) is 68.8 Å². The molecule has 3 fully saturated rings. The lowest BCUT2D eigenvalue weighted by Crippen LogP contribution is -2.51. The van der Waals surface area contributed by atoms with E-state index in [1.54, 1.807) is 5.57 Å². The van der Waals surface area contributed by atoms with Crippen molar-refractivity contribution >= 4 is 21.9 Å². The second-order valence-corrected chi connectivity index (χ2v) is 15.9. The average Bonchev–Trinajstić information content (AvgIpc) is 3.26. The van der Waals surface area contributed by atoms with Crippen molar-refractivity contribution in [1.29, 1.82) is 0 Å². The summed E-state index contributed by atoms with van der Waals surface area (Å²) >= 11 is 3.61. The molecule has 0 heterocycles. The van der Waals surface area contributed by atoms with E-state index in [9.17, 15) is 4.79 Å². The minimum atomic E-state index is -0.281. The van der Waals surface area contributed by atoms with Gasteiger partial charge in [-0.1, -0.05) is 112 Å². The van der Waals surface area contributed by atoms with Gasteiger partial charge in [0.1, 0.15) is 10.9 Å². The Hall–Kier alpha value is -1.09. The van der Waals surface area contributed by atoms with E-state index in [0.717, 1.165) is 53.9 Å². The van der Waals surface area contributed by atoms with Crippen molar-refractivity contribution in [3.63, 3.8) is 0 Å². The van der Waals surface area contributed by atoms with Gasteiger partial charge in [-0.2, -0.15) is 0 Å². The van der Waals surface area contributed by atoms with Gasteiger partial charge in [0.15, 0.2) is 0 Å². The van der Waals surface area contributed by atoms with Gasteiger partial charge in [-0.3, -0.25) is 4.79 Å². The van der Waals surface area contributed by atoms with Crippen molar-refractivity contribution in [3.8, 4) is 0 Å². The van der Waals surface area contributed by atoms with Crippen LogP contribution in [0.1, 0.15) is 111 Å². The molecule has 1 aromatic rings. The Labute approximate surface area is 247 Å². The van der Waals surface area contributed by atoms with Crippen LogP contribution >= 0.6 is 15.9 Å². The number of rotatable bonds is 9. The van der Waals surface area contributed by atoms with Crippen LogP contribution in [0.2, 0.25) is 0 Å². The zero-order valence-corrected chi connectivity index (χ0v) is 26.8. The Morgan fingerprint density at radius 1 is 1.00 bits per heavy atom. The summed E-state index contributed by atoms with van der Waals surface area (Å²) < 4.78 is 6.10.